The van der Waals surface area contributed by atoms with Crippen molar-refractivity contribution in [3.63, 3.8) is 0 Å². The molecule has 0 radical (unpaired) electrons. The highest BCUT2D eigenvalue weighted by atomic mass is 16.3. The molecule has 266 valence electrons. The predicted molar refractivity (Wildman–Crippen MR) is 230 cm³/mol. The number of rotatable bonds is 5. The first kappa shape index (κ1) is 31.5. The van der Waals surface area contributed by atoms with Gasteiger partial charge in [0.2, 0.25) is 0 Å². The second kappa shape index (κ2) is 12.3. The van der Waals surface area contributed by atoms with Crippen LogP contribution < -0.4 is 0 Å². The van der Waals surface area contributed by atoms with Crippen molar-refractivity contribution < 1.29 is 8.83 Å². The quantitative estimate of drug-likeness (QED) is 0.176. The zero-order chi connectivity index (χ0) is 37.5. The van der Waals surface area contributed by atoms with Crippen LogP contribution in [0.1, 0.15) is 0 Å². The molecule has 0 atom stereocenters. The highest BCUT2D eigenvalue weighted by Gasteiger charge is 2.23. The smallest absolute Gasteiger partial charge is 0.167 e. The van der Waals surface area contributed by atoms with Crippen LogP contribution in [0.25, 0.3) is 117 Å². The Kier molecular flexibility index (Phi) is 6.83. The molecular formula is C51H30N4O2. The standard InChI is InChI=1S/C51H30N4O2/c1-2-15-31(16-3-1)49-52-50(54-51(53-49)39-24-12-22-37-35-20-7-11-28-43(35)57-48(37)39)38-23-14-30-45-47(38)46-36(21-13-29-44(46)56-45)34-19-6-10-27-42(34)55-40-25-8-4-17-32(40)33-18-5-9-26-41(33)55/h1-30H. The van der Waals surface area contributed by atoms with Crippen molar-refractivity contribution in [1.29, 1.82) is 0 Å². The summed E-state index contributed by atoms with van der Waals surface area (Å²) in [6.07, 6.45) is 0. The summed E-state index contributed by atoms with van der Waals surface area (Å²) in [6.45, 7) is 0. The van der Waals surface area contributed by atoms with Crippen LogP contribution in [0.5, 0.6) is 0 Å². The molecule has 0 saturated heterocycles. The van der Waals surface area contributed by atoms with Crippen molar-refractivity contribution in [3.8, 4) is 51.0 Å². The lowest BCUT2D eigenvalue weighted by molar-refractivity contribution is 0.668. The van der Waals surface area contributed by atoms with E-state index in [-0.39, 0.29) is 0 Å². The van der Waals surface area contributed by atoms with Gasteiger partial charge in [0, 0.05) is 49.0 Å². The lowest BCUT2D eigenvalue weighted by atomic mass is 9.95. The molecule has 6 nitrogen and oxygen atoms in total. The minimum atomic E-state index is 0.533. The largest absolute Gasteiger partial charge is 0.456 e. The number of fused-ring (bicyclic) bond motifs is 9. The summed E-state index contributed by atoms with van der Waals surface area (Å²) in [5.41, 5.74) is 11.2. The van der Waals surface area contributed by atoms with Gasteiger partial charge in [-0.15, -0.1) is 0 Å². The van der Waals surface area contributed by atoms with Gasteiger partial charge in [-0.2, -0.15) is 0 Å². The Morgan fingerprint density at radius 2 is 0.842 bits per heavy atom. The second-order valence-electron chi connectivity index (χ2n) is 14.3. The molecular weight excluding hydrogens is 701 g/mol. The topological polar surface area (TPSA) is 69.9 Å². The Bertz CT molecular complexity index is 3490. The van der Waals surface area contributed by atoms with E-state index < -0.39 is 0 Å². The fourth-order valence-electron chi connectivity index (χ4n) is 8.61. The average molecular weight is 731 g/mol. The lowest BCUT2D eigenvalue weighted by Crippen LogP contribution is -2.00. The zero-order valence-corrected chi connectivity index (χ0v) is 30.4. The predicted octanol–water partition coefficient (Wildman–Crippen LogP) is 13.4. The van der Waals surface area contributed by atoms with Gasteiger partial charge in [-0.3, -0.25) is 0 Å². The maximum absolute atomic E-state index is 6.68. The van der Waals surface area contributed by atoms with Gasteiger partial charge in [-0.05, 0) is 48.0 Å². The first-order chi connectivity index (χ1) is 28.3. The maximum Gasteiger partial charge on any atom is 0.167 e. The molecule has 4 heterocycles. The van der Waals surface area contributed by atoms with Crippen molar-refractivity contribution in [3.05, 3.63) is 182 Å². The minimum absolute atomic E-state index is 0.533. The molecule has 0 fully saturated rings. The van der Waals surface area contributed by atoms with E-state index in [4.69, 9.17) is 23.8 Å². The van der Waals surface area contributed by atoms with Crippen LogP contribution in [0.4, 0.5) is 0 Å². The summed E-state index contributed by atoms with van der Waals surface area (Å²) in [5.74, 6) is 1.65. The van der Waals surface area contributed by atoms with Gasteiger partial charge in [0.05, 0.1) is 22.3 Å². The summed E-state index contributed by atoms with van der Waals surface area (Å²) in [6, 6.07) is 62.6. The first-order valence-electron chi connectivity index (χ1n) is 19.0. The summed E-state index contributed by atoms with van der Waals surface area (Å²) in [4.78, 5) is 15.5. The number of hydrogen-bond acceptors (Lipinski definition) is 5. The number of para-hydroxylation sites is 5. The molecule has 0 bridgehead atoms. The summed E-state index contributed by atoms with van der Waals surface area (Å²) in [5, 5.41) is 6.44. The van der Waals surface area contributed by atoms with Gasteiger partial charge in [0.1, 0.15) is 22.3 Å². The Hall–Kier alpha value is -7.83. The molecule has 6 heteroatoms. The molecule has 12 rings (SSSR count). The fraction of sp³-hybridized carbons (Fsp3) is 0. The van der Waals surface area contributed by atoms with Crippen LogP contribution in [0.2, 0.25) is 0 Å². The Labute approximate surface area is 325 Å². The summed E-state index contributed by atoms with van der Waals surface area (Å²) in [7, 11) is 0. The monoisotopic (exact) mass is 730 g/mol. The zero-order valence-electron chi connectivity index (χ0n) is 30.4. The van der Waals surface area contributed by atoms with Crippen molar-refractivity contribution >= 4 is 65.7 Å². The van der Waals surface area contributed by atoms with Crippen LogP contribution in [-0.2, 0) is 0 Å². The average Bonchev–Trinajstić information content (AvgIpc) is 3.96. The number of aromatic nitrogens is 4. The molecule has 8 aromatic carbocycles. The Morgan fingerprint density at radius 3 is 1.61 bits per heavy atom. The molecule has 0 aliphatic heterocycles. The van der Waals surface area contributed by atoms with Gasteiger partial charge in [0.25, 0.3) is 0 Å². The second-order valence-corrected chi connectivity index (χ2v) is 14.3. The van der Waals surface area contributed by atoms with Gasteiger partial charge < -0.3 is 13.4 Å². The van der Waals surface area contributed by atoms with Crippen molar-refractivity contribution in [2.24, 2.45) is 0 Å². The molecule has 0 aliphatic rings. The third-order valence-electron chi connectivity index (χ3n) is 11.1. The molecule has 12 aromatic rings. The van der Waals surface area contributed by atoms with Crippen molar-refractivity contribution in [2.45, 2.75) is 0 Å². The van der Waals surface area contributed by atoms with Gasteiger partial charge in [-0.25, -0.2) is 15.0 Å². The molecule has 57 heavy (non-hydrogen) atoms. The molecule has 0 amide bonds. The number of benzene rings is 8. The maximum atomic E-state index is 6.68. The molecule has 0 saturated carbocycles. The van der Waals surface area contributed by atoms with Crippen molar-refractivity contribution in [2.75, 3.05) is 0 Å². The van der Waals surface area contributed by atoms with E-state index in [2.05, 4.69) is 108 Å². The van der Waals surface area contributed by atoms with E-state index >= 15 is 0 Å². The van der Waals surface area contributed by atoms with Crippen molar-refractivity contribution in [1.82, 2.24) is 19.5 Å². The van der Waals surface area contributed by atoms with Crippen LogP contribution in [0, 0.1) is 0 Å². The normalized spacial score (nSPS) is 11.9. The molecule has 0 aliphatic carbocycles. The minimum Gasteiger partial charge on any atom is -0.456 e. The van der Waals surface area contributed by atoms with E-state index in [1.54, 1.807) is 0 Å². The number of furan rings is 2. The number of nitrogens with zero attached hydrogens (tertiary/aromatic N) is 4. The molecule has 4 aromatic heterocycles. The molecule has 0 spiro atoms. The van der Waals surface area contributed by atoms with Gasteiger partial charge in [-0.1, -0.05) is 140 Å². The third kappa shape index (κ3) is 4.81. The lowest BCUT2D eigenvalue weighted by Gasteiger charge is -2.15. The summed E-state index contributed by atoms with van der Waals surface area (Å²) >= 11 is 0. The van der Waals surface area contributed by atoms with Gasteiger partial charge in [0.15, 0.2) is 17.5 Å². The number of hydrogen-bond donors (Lipinski definition) is 0. The van der Waals surface area contributed by atoms with Crippen LogP contribution in [-0.4, -0.2) is 19.5 Å². The molecule has 0 unspecified atom stereocenters. The Morgan fingerprint density at radius 1 is 0.333 bits per heavy atom. The molecule has 0 N–H and O–H groups in total. The van der Waals surface area contributed by atoms with E-state index in [0.29, 0.717) is 17.5 Å². The highest BCUT2D eigenvalue weighted by Crippen LogP contribution is 2.44. The third-order valence-corrected chi connectivity index (χ3v) is 11.1. The van der Waals surface area contributed by atoms with Crippen LogP contribution >= 0.6 is 0 Å². The Balaban J connectivity index is 1.13. The first-order valence-corrected chi connectivity index (χ1v) is 19.0. The fourth-order valence-corrected chi connectivity index (χ4v) is 8.61. The van der Waals surface area contributed by atoms with E-state index in [1.807, 2.05) is 78.9 Å². The van der Waals surface area contributed by atoms with E-state index in [0.717, 1.165) is 88.4 Å². The summed E-state index contributed by atoms with van der Waals surface area (Å²) < 4.78 is 15.5. The SMILES string of the molecule is c1ccc(-c2nc(-c3cccc4c3oc3ccccc34)nc(-c3cccc4oc5cccc(-c6ccccc6-n6c7ccccc7c7ccccc76)c5c34)n2)cc1. The highest BCUT2D eigenvalue weighted by molar-refractivity contribution is 6.18. The van der Waals surface area contributed by atoms with Crippen LogP contribution in [0.3, 0.4) is 0 Å². The van der Waals surface area contributed by atoms with Crippen LogP contribution in [0.15, 0.2) is 191 Å². The van der Waals surface area contributed by atoms with E-state index in [1.165, 1.54) is 10.8 Å². The van der Waals surface area contributed by atoms with E-state index in [9.17, 15) is 0 Å². The van der Waals surface area contributed by atoms with Gasteiger partial charge >= 0.3 is 0 Å².